The van der Waals surface area contributed by atoms with E-state index in [0.29, 0.717) is 0 Å². The van der Waals surface area contributed by atoms with Crippen LogP contribution in [0, 0.1) is 0 Å². The first-order valence-corrected chi connectivity index (χ1v) is 6.54. The molecule has 0 aliphatic rings. The maximum absolute atomic E-state index is 9.47. The van der Waals surface area contributed by atoms with Crippen LogP contribution in [0.5, 0.6) is 0 Å². The van der Waals surface area contributed by atoms with Crippen molar-refractivity contribution in [1.29, 1.82) is 0 Å². The van der Waals surface area contributed by atoms with Crippen molar-refractivity contribution < 1.29 is 23.4 Å². The van der Waals surface area contributed by atoms with Crippen LogP contribution in [-0.4, -0.2) is 21.5 Å². The van der Waals surface area contributed by atoms with E-state index in [4.69, 9.17) is 9.79 Å². The molecule has 0 atom stereocenters. The summed E-state index contributed by atoms with van der Waals surface area (Å²) in [4.78, 5) is 15.4. The predicted molar refractivity (Wildman–Crippen MR) is 59.6 cm³/mol. The van der Waals surface area contributed by atoms with E-state index in [1.807, 2.05) is 7.05 Å². The van der Waals surface area contributed by atoms with Gasteiger partial charge in [-0.2, -0.15) is 0 Å². The molecule has 0 radical (unpaired) electrons. The molecule has 0 saturated carbocycles. The van der Waals surface area contributed by atoms with Gasteiger partial charge in [0.05, 0.1) is 13.6 Å². The first kappa shape index (κ1) is 15.3. The molecule has 6 nitrogen and oxygen atoms in total. The summed E-state index contributed by atoms with van der Waals surface area (Å²) < 4.78 is 17.4. The highest BCUT2D eigenvalue weighted by Crippen LogP contribution is 2.33. The Kier molecular flexibility index (Phi) is 7.25. The predicted octanol–water partition coefficient (Wildman–Crippen LogP) is 0.838. The number of unbranched alkanes of at least 4 members (excludes halogenated alkanes) is 1. The van der Waals surface area contributed by atoms with E-state index in [9.17, 15) is 4.57 Å². The van der Waals surface area contributed by atoms with Crippen molar-refractivity contribution in [3.8, 4) is 0 Å². The van der Waals surface area contributed by atoms with Crippen molar-refractivity contribution >= 4 is 7.82 Å². The smallest absolute Gasteiger partial charge is 0.303 e. The van der Waals surface area contributed by atoms with Crippen molar-refractivity contribution in [1.82, 2.24) is 4.57 Å². The van der Waals surface area contributed by atoms with Crippen LogP contribution in [0.25, 0.3) is 0 Å². The van der Waals surface area contributed by atoms with Gasteiger partial charge < -0.3 is 9.79 Å². The Labute approximate surface area is 95.7 Å². The lowest BCUT2D eigenvalue weighted by Gasteiger charge is -1.93. The van der Waals surface area contributed by atoms with Crippen LogP contribution in [0.4, 0.5) is 0 Å². The second-order valence-electron chi connectivity index (χ2n) is 3.34. The summed E-state index contributed by atoms with van der Waals surface area (Å²) in [5.41, 5.74) is 0. The summed E-state index contributed by atoms with van der Waals surface area (Å²) in [6.07, 6.45) is 8.82. The number of hydrogen-bond donors (Lipinski definition) is 2. The molecule has 0 aliphatic heterocycles. The molecule has 16 heavy (non-hydrogen) atoms. The summed E-state index contributed by atoms with van der Waals surface area (Å²) in [5.74, 6) is 0. The molecule has 0 amide bonds. The Balaban J connectivity index is 0.000000325. The molecule has 7 heteroatoms. The van der Waals surface area contributed by atoms with Gasteiger partial charge >= 0.3 is 7.82 Å². The third-order valence-electron chi connectivity index (χ3n) is 1.83. The molecule has 94 valence electrons. The minimum absolute atomic E-state index is 0.945. The SMILES string of the molecule is CCCCn1cc[n+](C)c1.COP(=O)(O)O. The fraction of sp³-hybridized carbons (Fsp3) is 0.667. The molecule has 1 aromatic heterocycles. The Morgan fingerprint density at radius 1 is 1.50 bits per heavy atom. The summed E-state index contributed by atoms with van der Waals surface area (Å²) in [7, 11) is -1.16. The lowest BCUT2D eigenvalue weighted by Crippen LogP contribution is -2.23. The largest absolute Gasteiger partial charge is 0.469 e. The van der Waals surface area contributed by atoms with Crippen molar-refractivity contribution in [2.75, 3.05) is 7.11 Å². The van der Waals surface area contributed by atoms with Crippen LogP contribution in [0.1, 0.15) is 19.8 Å². The van der Waals surface area contributed by atoms with Crippen LogP contribution in [-0.2, 0) is 22.7 Å². The topological polar surface area (TPSA) is 75.6 Å². The van der Waals surface area contributed by atoms with Gasteiger partial charge in [-0.3, -0.25) is 4.52 Å². The van der Waals surface area contributed by atoms with E-state index < -0.39 is 7.82 Å². The Morgan fingerprint density at radius 3 is 2.38 bits per heavy atom. The van der Waals surface area contributed by atoms with Gasteiger partial charge in [-0.15, -0.1) is 0 Å². The zero-order valence-electron chi connectivity index (χ0n) is 9.91. The third kappa shape index (κ3) is 8.61. The van der Waals surface area contributed by atoms with Gasteiger partial charge in [0.2, 0.25) is 6.33 Å². The highest BCUT2D eigenvalue weighted by Gasteiger charge is 2.07. The molecule has 2 N–H and O–H groups in total. The van der Waals surface area contributed by atoms with E-state index in [1.165, 1.54) is 12.8 Å². The highest BCUT2D eigenvalue weighted by molar-refractivity contribution is 7.46. The lowest BCUT2D eigenvalue weighted by molar-refractivity contribution is -0.671. The second kappa shape index (κ2) is 7.57. The van der Waals surface area contributed by atoms with E-state index in [-0.39, 0.29) is 0 Å². The van der Waals surface area contributed by atoms with Gasteiger partial charge in [0.1, 0.15) is 12.4 Å². The number of phosphoric ester groups is 1. The average Bonchev–Trinajstić information content (AvgIpc) is 2.61. The van der Waals surface area contributed by atoms with Crippen LogP contribution >= 0.6 is 7.82 Å². The number of imidazole rings is 1. The number of aryl methyl sites for hydroxylation is 2. The first-order chi connectivity index (χ1) is 7.39. The second-order valence-corrected chi connectivity index (χ2v) is 4.69. The Morgan fingerprint density at radius 2 is 2.06 bits per heavy atom. The molecule has 0 saturated heterocycles. The van der Waals surface area contributed by atoms with E-state index >= 15 is 0 Å². The normalized spacial score (nSPS) is 10.8. The molecule has 1 aromatic rings. The van der Waals surface area contributed by atoms with Gasteiger partial charge in [0.15, 0.2) is 0 Å². The zero-order valence-corrected chi connectivity index (χ0v) is 10.8. The zero-order chi connectivity index (χ0) is 12.6. The Bertz CT molecular complexity index is 334. The number of phosphoric acid groups is 1. The molecular weight excluding hydrogens is 231 g/mol. The minimum Gasteiger partial charge on any atom is -0.303 e. The molecule has 0 unspecified atom stereocenters. The van der Waals surface area contributed by atoms with Gasteiger partial charge in [0.25, 0.3) is 0 Å². The van der Waals surface area contributed by atoms with E-state index in [1.54, 1.807) is 0 Å². The number of rotatable bonds is 4. The van der Waals surface area contributed by atoms with Gasteiger partial charge in [-0.1, -0.05) is 13.3 Å². The van der Waals surface area contributed by atoms with Crippen molar-refractivity contribution in [2.45, 2.75) is 26.3 Å². The van der Waals surface area contributed by atoms with Crippen LogP contribution in [0.3, 0.4) is 0 Å². The average molecular weight is 251 g/mol. The minimum atomic E-state index is -4.15. The highest BCUT2D eigenvalue weighted by atomic mass is 31.2. The third-order valence-corrected chi connectivity index (χ3v) is 2.31. The Hall–Kier alpha value is -0.680. The fourth-order valence-electron chi connectivity index (χ4n) is 0.975. The fourth-order valence-corrected chi connectivity index (χ4v) is 0.975. The summed E-state index contributed by atoms with van der Waals surface area (Å²) in [5, 5.41) is 0. The summed E-state index contributed by atoms with van der Waals surface area (Å²) in [6.45, 7) is 3.36. The lowest BCUT2D eigenvalue weighted by atomic mass is 10.3. The maximum atomic E-state index is 9.47. The maximum Gasteiger partial charge on any atom is 0.469 e. The van der Waals surface area contributed by atoms with Crippen molar-refractivity contribution in [3.05, 3.63) is 18.7 Å². The quantitative estimate of drug-likeness (QED) is 0.614. The van der Waals surface area contributed by atoms with E-state index in [0.717, 1.165) is 13.7 Å². The van der Waals surface area contributed by atoms with Gasteiger partial charge in [0, 0.05) is 7.11 Å². The summed E-state index contributed by atoms with van der Waals surface area (Å²) >= 11 is 0. The molecular formula is C9H20N2O4P+. The standard InChI is InChI=1S/C8H15N2.CH5O4P/c1-3-4-5-10-7-6-9(2)8-10;1-5-6(2,3)4/h6-8H,3-5H2,1-2H3;1H3,(H2,2,3,4)/q+1;. The molecule has 0 aromatic carbocycles. The molecule has 1 rings (SSSR count). The number of nitrogens with zero attached hydrogens (tertiary/aromatic N) is 2. The number of aromatic nitrogens is 2. The molecule has 0 bridgehead atoms. The van der Waals surface area contributed by atoms with E-state index in [2.05, 4.69) is 39.3 Å². The van der Waals surface area contributed by atoms with Crippen LogP contribution < -0.4 is 4.57 Å². The first-order valence-electron chi connectivity index (χ1n) is 5.01. The van der Waals surface area contributed by atoms with Crippen LogP contribution in [0.15, 0.2) is 18.7 Å². The van der Waals surface area contributed by atoms with Gasteiger partial charge in [-0.05, 0) is 6.42 Å². The van der Waals surface area contributed by atoms with Gasteiger partial charge in [-0.25, -0.2) is 13.7 Å². The van der Waals surface area contributed by atoms with Crippen molar-refractivity contribution in [2.24, 2.45) is 7.05 Å². The molecule has 1 heterocycles. The number of hydrogen-bond acceptors (Lipinski definition) is 2. The molecule has 0 spiro atoms. The molecule has 0 aliphatic carbocycles. The van der Waals surface area contributed by atoms with Crippen LogP contribution in [0.2, 0.25) is 0 Å². The van der Waals surface area contributed by atoms with Crippen molar-refractivity contribution in [3.63, 3.8) is 0 Å². The monoisotopic (exact) mass is 251 g/mol. The molecule has 0 fully saturated rings. The summed E-state index contributed by atoms with van der Waals surface area (Å²) in [6, 6.07) is 0.